The first-order valence-electron chi connectivity index (χ1n) is 9.28. The second-order valence-electron chi connectivity index (χ2n) is 7.59. The molecule has 1 N–H and O–H groups in total. The van der Waals surface area contributed by atoms with E-state index in [9.17, 15) is 17.6 Å². The highest BCUT2D eigenvalue weighted by molar-refractivity contribution is 9.10. The number of hydrogen-bond acceptors (Lipinski definition) is 3. The predicted octanol–water partition coefficient (Wildman–Crippen LogP) is 4.41. The molecule has 3 aliphatic heterocycles. The van der Waals surface area contributed by atoms with Gasteiger partial charge in [0.15, 0.2) is 0 Å². The van der Waals surface area contributed by atoms with Crippen molar-refractivity contribution in [3.8, 4) is 0 Å². The molecule has 2 saturated heterocycles. The third kappa shape index (κ3) is 3.83. The molecule has 0 spiro atoms. The Kier molecular flexibility index (Phi) is 5.14. The Morgan fingerprint density at radius 2 is 1.93 bits per heavy atom. The molecule has 0 amide bonds. The van der Waals surface area contributed by atoms with Crippen molar-refractivity contribution in [1.29, 1.82) is 0 Å². The number of fused-ring (bicyclic) bond motifs is 1. The van der Waals surface area contributed by atoms with Gasteiger partial charge in [-0.25, -0.2) is 17.6 Å². The van der Waals surface area contributed by atoms with Gasteiger partial charge in [0, 0.05) is 68.3 Å². The van der Waals surface area contributed by atoms with E-state index in [0.29, 0.717) is 32.7 Å². The molecular weight excluding hydrogens is 426 g/mol. The summed E-state index contributed by atoms with van der Waals surface area (Å²) in [4.78, 5) is 4.19. The van der Waals surface area contributed by atoms with Crippen molar-refractivity contribution in [2.45, 2.75) is 37.5 Å². The standard InChI is InChI=1S/C19H22BrF4N3/c20-13-1-2-14(21)17(18(13)22)12-9-16-15(25-11-27(16)10-12)3-6-26-7-4-19(23,24)5-8-26/h1-2,12,25H,3-11H2/t12-/m0/s1. The van der Waals surface area contributed by atoms with Crippen LogP contribution in [0.3, 0.4) is 0 Å². The third-order valence-electron chi connectivity index (χ3n) is 5.85. The van der Waals surface area contributed by atoms with Crippen LogP contribution >= 0.6 is 15.9 Å². The number of benzene rings is 1. The Labute approximate surface area is 164 Å². The number of rotatable bonds is 4. The van der Waals surface area contributed by atoms with Crippen LogP contribution in [0.5, 0.6) is 0 Å². The predicted molar refractivity (Wildman–Crippen MR) is 98.4 cm³/mol. The Morgan fingerprint density at radius 3 is 2.67 bits per heavy atom. The van der Waals surface area contributed by atoms with E-state index in [1.807, 2.05) is 0 Å². The zero-order valence-corrected chi connectivity index (χ0v) is 16.5. The van der Waals surface area contributed by atoms with Gasteiger partial charge in [-0.3, -0.25) is 0 Å². The lowest BCUT2D eigenvalue weighted by molar-refractivity contribution is -0.0548. The van der Waals surface area contributed by atoms with Gasteiger partial charge < -0.3 is 15.1 Å². The van der Waals surface area contributed by atoms with Crippen LogP contribution in [0.4, 0.5) is 17.6 Å². The highest BCUT2D eigenvalue weighted by Gasteiger charge is 2.37. The zero-order valence-electron chi connectivity index (χ0n) is 14.9. The van der Waals surface area contributed by atoms with Gasteiger partial charge in [-0.15, -0.1) is 0 Å². The van der Waals surface area contributed by atoms with Gasteiger partial charge in [0.05, 0.1) is 11.1 Å². The normalized spacial score (nSPS) is 25.1. The van der Waals surface area contributed by atoms with Crippen molar-refractivity contribution in [1.82, 2.24) is 15.1 Å². The smallest absolute Gasteiger partial charge is 0.250 e. The van der Waals surface area contributed by atoms with E-state index in [2.05, 4.69) is 31.0 Å². The van der Waals surface area contributed by atoms with E-state index in [0.717, 1.165) is 24.4 Å². The summed E-state index contributed by atoms with van der Waals surface area (Å²) >= 11 is 3.14. The van der Waals surface area contributed by atoms with Crippen molar-refractivity contribution in [2.75, 3.05) is 32.8 Å². The highest BCUT2D eigenvalue weighted by atomic mass is 79.9. The second-order valence-corrected chi connectivity index (χ2v) is 8.44. The minimum atomic E-state index is -2.53. The summed E-state index contributed by atoms with van der Waals surface area (Å²) in [7, 11) is 0. The highest BCUT2D eigenvalue weighted by Crippen LogP contribution is 2.41. The number of allylic oxidation sites excluding steroid dienone is 1. The Bertz CT molecular complexity index is 758. The molecule has 8 heteroatoms. The number of nitrogens with one attached hydrogen (secondary N) is 1. The molecule has 0 radical (unpaired) electrons. The molecule has 0 unspecified atom stereocenters. The Morgan fingerprint density at radius 1 is 1.19 bits per heavy atom. The molecular formula is C19H22BrF4N3. The van der Waals surface area contributed by atoms with Crippen molar-refractivity contribution in [3.05, 3.63) is 45.2 Å². The maximum Gasteiger partial charge on any atom is 0.250 e. The molecule has 3 aliphatic rings. The lowest BCUT2D eigenvalue weighted by atomic mass is 9.95. The summed E-state index contributed by atoms with van der Waals surface area (Å²) in [5.74, 6) is -3.78. The molecule has 27 heavy (non-hydrogen) atoms. The quantitative estimate of drug-likeness (QED) is 0.544. The summed E-state index contributed by atoms with van der Waals surface area (Å²) in [5.41, 5.74) is 2.32. The number of likely N-dealkylation sites (tertiary alicyclic amines) is 1. The number of alkyl halides is 2. The fourth-order valence-corrected chi connectivity index (χ4v) is 4.63. The number of piperidine rings is 1. The van der Waals surface area contributed by atoms with Gasteiger partial charge in [-0.2, -0.15) is 0 Å². The fraction of sp³-hybridized carbons (Fsp3) is 0.579. The largest absolute Gasteiger partial charge is 0.370 e. The molecule has 148 valence electrons. The number of halogens is 5. The first-order valence-corrected chi connectivity index (χ1v) is 10.1. The molecule has 4 rings (SSSR count). The summed E-state index contributed by atoms with van der Waals surface area (Å²) in [6.07, 6.45) is 1.17. The first kappa shape index (κ1) is 19.1. The van der Waals surface area contributed by atoms with E-state index in [-0.39, 0.29) is 28.8 Å². The van der Waals surface area contributed by atoms with E-state index in [1.54, 1.807) is 0 Å². The Balaban J connectivity index is 1.43. The van der Waals surface area contributed by atoms with Crippen LogP contribution in [-0.2, 0) is 0 Å². The molecule has 0 aliphatic carbocycles. The summed E-state index contributed by atoms with van der Waals surface area (Å²) < 4.78 is 55.5. The molecule has 3 nitrogen and oxygen atoms in total. The van der Waals surface area contributed by atoms with Crippen LogP contribution in [0, 0.1) is 11.6 Å². The van der Waals surface area contributed by atoms with Gasteiger partial charge >= 0.3 is 0 Å². The minimum Gasteiger partial charge on any atom is -0.370 e. The topological polar surface area (TPSA) is 18.5 Å². The summed E-state index contributed by atoms with van der Waals surface area (Å²) in [6, 6.07) is 2.68. The zero-order chi connectivity index (χ0) is 19.2. The fourth-order valence-electron chi connectivity index (χ4n) is 4.29. The monoisotopic (exact) mass is 447 g/mol. The molecule has 3 heterocycles. The summed E-state index contributed by atoms with van der Waals surface area (Å²) in [5, 5.41) is 3.36. The average Bonchev–Trinajstić information content (AvgIpc) is 3.19. The van der Waals surface area contributed by atoms with Crippen LogP contribution < -0.4 is 5.32 Å². The number of hydrogen-bond donors (Lipinski definition) is 1. The molecule has 1 aromatic rings. The Hall–Kier alpha value is -1.28. The van der Waals surface area contributed by atoms with Crippen LogP contribution in [0.2, 0.25) is 0 Å². The minimum absolute atomic E-state index is 0.0814. The lowest BCUT2D eigenvalue weighted by Crippen LogP contribution is -2.40. The van der Waals surface area contributed by atoms with Crippen molar-refractivity contribution in [3.63, 3.8) is 0 Å². The summed E-state index contributed by atoms with van der Waals surface area (Å²) in [6.45, 7) is 2.76. The van der Waals surface area contributed by atoms with Crippen molar-refractivity contribution in [2.24, 2.45) is 0 Å². The van der Waals surface area contributed by atoms with Crippen LogP contribution in [0.1, 0.15) is 37.2 Å². The van der Waals surface area contributed by atoms with Gasteiger partial charge in [0.2, 0.25) is 0 Å². The molecule has 0 saturated carbocycles. The molecule has 0 bridgehead atoms. The lowest BCUT2D eigenvalue weighted by Gasteiger charge is -2.31. The van der Waals surface area contributed by atoms with Crippen LogP contribution in [-0.4, -0.2) is 48.6 Å². The third-order valence-corrected chi connectivity index (χ3v) is 6.46. The SMILES string of the molecule is Fc1ccc(Br)c(F)c1[C@H]1CC2=C(CCN3CCC(F)(F)CC3)NCN2C1. The maximum absolute atomic E-state index is 14.4. The number of nitrogens with zero attached hydrogens (tertiary/aromatic N) is 2. The van der Waals surface area contributed by atoms with E-state index < -0.39 is 17.6 Å². The molecule has 0 aromatic heterocycles. The van der Waals surface area contributed by atoms with Gasteiger partial charge in [0.25, 0.3) is 5.92 Å². The van der Waals surface area contributed by atoms with Crippen LogP contribution in [0.15, 0.2) is 28.0 Å². The van der Waals surface area contributed by atoms with E-state index >= 15 is 0 Å². The molecule has 1 atom stereocenters. The maximum atomic E-state index is 14.4. The van der Waals surface area contributed by atoms with Crippen molar-refractivity contribution >= 4 is 15.9 Å². The average molecular weight is 448 g/mol. The van der Waals surface area contributed by atoms with Gasteiger partial charge in [-0.05, 0) is 34.5 Å². The molecule has 2 fully saturated rings. The van der Waals surface area contributed by atoms with Gasteiger partial charge in [-0.1, -0.05) is 0 Å². The van der Waals surface area contributed by atoms with Crippen molar-refractivity contribution < 1.29 is 17.6 Å². The van der Waals surface area contributed by atoms with E-state index in [1.165, 1.54) is 12.1 Å². The second kappa shape index (κ2) is 7.28. The van der Waals surface area contributed by atoms with Gasteiger partial charge in [0.1, 0.15) is 11.6 Å². The van der Waals surface area contributed by atoms with E-state index in [4.69, 9.17) is 0 Å². The molecule has 1 aromatic carbocycles. The van der Waals surface area contributed by atoms with Crippen LogP contribution in [0.25, 0.3) is 0 Å². The first-order chi connectivity index (χ1) is 12.8.